The number of benzene rings is 1. The Morgan fingerprint density at radius 3 is 2.67 bits per heavy atom. The standard InChI is InChI=1S/C16H22ClN3O/c1-4-20(10-12(2)9-18)11-16(21)19-13(3)14-7-5-6-8-15(14)17/h5-8,12-13H,4,10-11H2,1-3H3,(H,19,21). The molecule has 0 aliphatic heterocycles. The number of carbonyl (C=O) groups is 1. The van der Waals surface area contributed by atoms with Crippen molar-refractivity contribution in [1.29, 1.82) is 5.26 Å². The molecule has 1 aromatic carbocycles. The summed E-state index contributed by atoms with van der Waals surface area (Å²) >= 11 is 6.13. The summed E-state index contributed by atoms with van der Waals surface area (Å²) in [6.07, 6.45) is 0. The molecule has 0 saturated heterocycles. The highest BCUT2D eigenvalue weighted by atomic mass is 35.5. The van der Waals surface area contributed by atoms with Crippen LogP contribution in [-0.2, 0) is 4.79 Å². The van der Waals surface area contributed by atoms with Crippen LogP contribution in [0.2, 0.25) is 5.02 Å². The van der Waals surface area contributed by atoms with Crippen molar-refractivity contribution in [3.05, 3.63) is 34.9 Å². The predicted octanol–water partition coefficient (Wildman–Crippen LogP) is 3.00. The highest BCUT2D eigenvalue weighted by Crippen LogP contribution is 2.21. The lowest BCUT2D eigenvalue weighted by molar-refractivity contribution is -0.122. The van der Waals surface area contributed by atoms with E-state index in [1.807, 2.05) is 49.9 Å². The van der Waals surface area contributed by atoms with Crippen molar-refractivity contribution in [2.24, 2.45) is 5.92 Å². The molecule has 5 heteroatoms. The second-order valence-corrected chi connectivity index (χ2v) is 5.58. The number of nitrogens with one attached hydrogen (secondary N) is 1. The molecule has 0 bridgehead atoms. The zero-order chi connectivity index (χ0) is 15.8. The van der Waals surface area contributed by atoms with Crippen molar-refractivity contribution in [2.75, 3.05) is 19.6 Å². The molecule has 0 heterocycles. The van der Waals surface area contributed by atoms with Crippen LogP contribution in [0.1, 0.15) is 32.4 Å². The van der Waals surface area contributed by atoms with Gasteiger partial charge in [-0.25, -0.2) is 0 Å². The van der Waals surface area contributed by atoms with Crippen LogP contribution in [0.3, 0.4) is 0 Å². The summed E-state index contributed by atoms with van der Waals surface area (Å²) in [5.41, 5.74) is 0.904. The van der Waals surface area contributed by atoms with E-state index in [2.05, 4.69) is 11.4 Å². The van der Waals surface area contributed by atoms with Crippen LogP contribution in [0, 0.1) is 17.2 Å². The average molecular weight is 308 g/mol. The fourth-order valence-electron chi connectivity index (χ4n) is 2.13. The van der Waals surface area contributed by atoms with E-state index >= 15 is 0 Å². The minimum absolute atomic E-state index is 0.0607. The fourth-order valence-corrected chi connectivity index (χ4v) is 2.43. The summed E-state index contributed by atoms with van der Waals surface area (Å²) in [5.74, 6) is -0.145. The maximum absolute atomic E-state index is 12.1. The van der Waals surface area contributed by atoms with E-state index < -0.39 is 0 Å². The van der Waals surface area contributed by atoms with E-state index in [9.17, 15) is 4.79 Å². The Labute approximate surface area is 131 Å². The molecule has 1 aromatic rings. The van der Waals surface area contributed by atoms with Crippen molar-refractivity contribution >= 4 is 17.5 Å². The first-order valence-electron chi connectivity index (χ1n) is 7.13. The van der Waals surface area contributed by atoms with Gasteiger partial charge >= 0.3 is 0 Å². The van der Waals surface area contributed by atoms with Crippen molar-refractivity contribution in [2.45, 2.75) is 26.8 Å². The van der Waals surface area contributed by atoms with Gasteiger partial charge in [-0.15, -0.1) is 0 Å². The van der Waals surface area contributed by atoms with Gasteiger partial charge in [0.2, 0.25) is 5.91 Å². The molecule has 0 spiro atoms. The maximum Gasteiger partial charge on any atom is 0.234 e. The molecule has 2 atom stereocenters. The van der Waals surface area contributed by atoms with Gasteiger partial charge in [-0.2, -0.15) is 5.26 Å². The largest absolute Gasteiger partial charge is 0.348 e. The van der Waals surface area contributed by atoms with E-state index in [0.29, 0.717) is 11.6 Å². The van der Waals surface area contributed by atoms with Gasteiger partial charge in [-0.1, -0.05) is 36.7 Å². The first-order chi connectivity index (χ1) is 9.97. The van der Waals surface area contributed by atoms with Gasteiger partial charge in [0.1, 0.15) is 0 Å². The third-order valence-corrected chi connectivity index (χ3v) is 3.66. The zero-order valence-corrected chi connectivity index (χ0v) is 13.5. The molecular weight excluding hydrogens is 286 g/mol. The number of carbonyl (C=O) groups excluding carboxylic acids is 1. The molecule has 4 nitrogen and oxygen atoms in total. The second kappa shape index (κ2) is 8.66. The summed E-state index contributed by atoms with van der Waals surface area (Å²) in [7, 11) is 0. The van der Waals surface area contributed by atoms with Crippen LogP contribution in [0.25, 0.3) is 0 Å². The second-order valence-electron chi connectivity index (χ2n) is 5.17. The van der Waals surface area contributed by atoms with Gasteiger partial charge in [-0.3, -0.25) is 9.69 Å². The number of rotatable bonds is 7. The highest BCUT2D eigenvalue weighted by Gasteiger charge is 2.15. The van der Waals surface area contributed by atoms with Crippen molar-refractivity contribution in [3.8, 4) is 6.07 Å². The molecule has 114 valence electrons. The summed E-state index contributed by atoms with van der Waals surface area (Å²) in [4.78, 5) is 14.1. The lowest BCUT2D eigenvalue weighted by Gasteiger charge is -2.22. The van der Waals surface area contributed by atoms with Gasteiger partial charge in [0.25, 0.3) is 0 Å². The molecule has 1 N–H and O–H groups in total. The number of likely N-dealkylation sites (N-methyl/N-ethyl adjacent to an activating group) is 1. The Bertz CT molecular complexity index is 512. The molecule has 0 radical (unpaired) electrons. The molecule has 0 aliphatic rings. The normalized spacial score (nSPS) is 13.5. The highest BCUT2D eigenvalue weighted by molar-refractivity contribution is 6.31. The van der Waals surface area contributed by atoms with Gasteiger partial charge in [0.05, 0.1) is 24.6 Å². The Kier molecular flexibility index (Phi) is 7.21. The van der Waals surface area contributed by atoms with Crippen LogP contribution in [0.5, 0.6) is 0 Å². The summed E-state index contributed by atoms with van der Waals surface area (Å²) < 4.78 is 0. The topological polar surface area (TPSA) is 56.1 Å². The molecule has 1 amide bonds. The van der Waals surface area contributed by atoms with Crippen LogP contribution in [0.4, 0.5) is 0 Å². The van der Waals surface area contributed by atoms with Gasteiger partial charge in [-0.05, 0) is 32.0 Å². The third-order valence-electron chi connectivity index (χ3n) is 3.32. The molecule has 21 heavy (non-hydrogen) atoms. The Balaban J connectivity index is 2.56. The number of halogens is 1. The molecule has 0 aliphatic carbocycles. The number of hydrogen-bond acceptors (Lipinski definition) is 3. The van der Waals surface area contributed by atoms with Crippen LogP contribution in [-0.4, -0.2) is 30.4 Å². The van der Waals surface area contributed by atoms with E-state index in [1.165, 1.54) is 0 Å². The van der Waals surface area contributed by atoms with Crippen LogP contribution >= 0.6 is 11.6 Å². The fraction of sp³-hybridized carbons (Fsp3) is 0.500. The van der Waals surface area contributed by atoms with E-state index in [4.69, 9.17) is 16.9 Å². The lowest BCUT2D eigenvalue weighted by Crippen LogP contribution is -2.39. The Morgan fingerprint density at radius 1 is 1.43 bits per heavy atom. The van der Waals surface area contributed by atoms with E-state index in [0.717, 1.165) is 12.1 Å². The SMILES string of the molecule is CCN(CC(=O)NC(C)c1ccccc1Cl)CC(C)C#N. The van der Waals surface area contributed by atoms with Crippen molar-refractivity contribution in [3.63, 3.8) is 0 Å². The molecule has 2 unspecified atom stereocenters. The average Bonchev–Trinajstić information content (AvgIpc) is 2.46. The number of hydrogen-bond donors (Lipinski definition) is 1. The summed E-state index contributed by atoms with van der Waals surface area (Å²) in [6.45, 7) is 7.37. The quantitative estimate of drug-likeness (QED) is 0.842. The lowest BCUT2D eigenvalue weighted by atomic mass is 10.1. The molecule has 0 fully saturated rings. The van der Waals surface area contributed by atoms with E-state index in [1.54, 1.807) is 0 Å². The number of nitrogens with zero attached hydrogens (tertiary/aromatic N) is 2. The molecule has 1 rings (SSSR count). The zero-order valence-electron chi connectivity index (χ0n) is 12.8. The summed E-state index contributed by atoms with van der Waals surface area (Å²) in [6, 6.07) is 9.53. The summed E-state index contributed by atoms with van der Waals surface area (Å²) in [5, 5.41) is 12.4. The first kappa shape index (κ1) is 17.5. The maximum atomic E-state index is 12.1. The van der Waals surface area contributed by atoms with Gasteiger partial charge in [0, 0.05) is 11.6 Å². The number of nitriles is 1. The molecule has 0 saturated carbocycles. The van der Waals surface area contributed by atoms with E-state index in [-0.39, 0.29) is 24.4 Å². The van der Waals surface area contributed by atoms with Crippen molar-refractivity contribution < 1.29 is 4.79 Å². The Hall–Kier alpha value is -1.57. The van der Waals surface area contributed by atoms with Crippen molar-refractivity contribution in [1.82, 2.24) is 10.2 Å². The predicted molar refractivity (Wildman–Crippen MR) is 84.9 cm³/mol. The Morgan fingerprint density at radius 2 is 2.10 bits per heavy atom. The van der Waals surface area contributed by atoms with Gasteiger partial charge in [0.15, 0.2) is 0 Å². The molecule has 0 aromatic heterocycles. The minimum atomic E-state index is -0.140. The first-order valence-corrected chi connectivity index (χ1v) is 7.51. The monoisotopic (exact) mass is 307 g/mol. The smallest absolute Gasteiger partial charge is 0.234 e. The van der Waals surface area contributed by atoms with Crippen LogP contribution in [0.15, 0.2) is 24.3 Å². The third kappa shape index (κ3) is 5.74. The molecular formula is C16H22ClN3O. The number of amides is 1. The van der Waals surface area contributed by atoms with Gasteiger partial charge < -0.3 is 5.32 Å². The minimum Gasteiger partial charge on any atom is -0.348 e. The van der Waals surface area contributed by atoms with Crippen LogP contribution < -0.4 is 5.32 Å².